The molecule has 0 atom stereocenters. The molecule has 102 valence electrons. The maximum absolute atomic E-state index is 6.08. The lowest BCUT2D eigenvalue weighted by Gasteiger charge is -2.18. The van der Waals surface area contributed by atoms with E-state index in [0.29, 0.717) is 0 Å². The Labute approximate surface area is 115 Å². The Morgan fingerprint density at radius 2 is 2.00 bits per heavy atom. The highest BCUT2D eigenvalue weighted by Gasteiger charge is 2.16. The minimum atomic E-state index is -0.0769. The van der Waals surface area contributed by atoms with Crippen LogP contribution in [0, 0.1) is 0 Å². The number of nitrogens with one attached hydrogen (secondary N) is 1. The summed E-state index contributed by atoms with van der Waals surface area (Å²) in [6.45, 7) is 4.20. The second kappa shape index (κ2) is 4.68. The molecule has 0 aliphatic heterocycles. The van der Waals surface area contributed by atoms with Gasteiger partial charge in [0.15, 0.2) is 0 Å². The van der Waals surface area contributed by atoms with Crippen LogP contribution in [0.4, 0.5) is 0 Å². The second-order valence-electron chi connectivity index (χ2n) is 6.66. The molecule has 0 bridgehead atoms. The Kier molecular flexibility index (Phi) is 3.14. The van der Waals surface area contributed by atoms with E-state index in [0.717, 1.165) is 12.8 Å². The molecular weight excluding hydrogens is 232 g/mol. The molecule has 0 spiro atoms. The highest BCUT2D eigenvalue weighted by molar-refractivity contribution is 5.85. The fourth-order valence-corrected chi connectivity index (χ4v) is 3.08. The summed E-state index contributed by atoms with van der Waals surface area (Å²) in [5.41, 5.74) is 11.8. The van der Waals surface area contributed by atoms with Gasteiger partial charge in [-0.05, 0) is 75.6 Å². The van der Waals surface area contributed by atoms with Gasteiger partial charge >= 0.3 is 0 Å². The normalized spacial score (nSPS) is 15.7. The first kappa shape index (κ1) is 12.7. The van der Waals surface area contributed by atoms with Crippen molar-refractivity contribution in [2.45, 2.75) is 57.9 Å². The predicted octanol–water partition coefficient (Wildman–Crippen LogP) is 3.72. The summed E-state index contributed by atoms with van der Waals surface area (Å²) in [4.78, 5) is 3.59. The van der Waals surface area contributed by atoms with Crippen molar-refractivity contribution in [2.24, 2.45) is 5.73 Å². The summed E-state index contributed by atoms with van der Waals surface area (Å²) in [6.07, 6.45) is 7.22. The van der Waals surface area contributed by atoms with Gasteiger partial charge in [-0.3, -0.25) is 0 Å². The highest BCUT2D eigenvalue weighted by atomic mass is 14.7. The largest absolute Gasteiger partial charge is 0.358 e. The Balaban J connectivity index is 1.91. The SMILES string of the molecule is CC(C)(N)CCc1ccc2[nH]c3c(c2c1)CCCC3. The van der Waals surface area contributed by atoms with Gasteiger partial charge in [-0.2, -0.15) is 0 Å². The summed E-state index contributed by atoms with van der Waals surface area (Å²) < 4.78 is 0. The number of fused-ring (bicyclic) bond motifs is 3. The van der Waals surface area contributed by atoms with Crippen molar-refractivity contribution in [1.29, 1.82) is 0 Å². The molecule has 0 saturated carbocycles. The first-order valence-corrected chi connectivity index (χ1v) is 7.44. The van der Waals surface area contributed by atoms with Crippen LogP contribution in [0.2, 0.25) is 0 Å². The Morgan fingerprint density at radius 3 is 2.79 bits per heavy atom. The van der Waals surface area contributed by atoms with Crippen molar-refractivity contribution >= 4 is 10.9 Å². The van der Waals surface area contributed by atoms with Crippen molar-refractivity contribution in [2.75, 3.05) is 0 Å². The molecule has 3 N–H and O–H groups in total. The summed E-state index contributed by atoms with van der Waals surface area (Å²) in [5, 5.41) is 1.45. The average Bonchev–Trinajstić information content (AvgIpc) is 2.73. The summed E-state index contributed by atoms with van der Waals surface area (Å²) in [6, 6.07) is 6.87. The van der Waals surface area contributed by atoms with Crippen molar-refractivity contribution in [3.05, 3.63) is 35.0 Å². The van der Waals surface area contributed by atoms with Gasteiger partial charge in [0.1, 0.15) is 0 Å². The van der Waals surface area contributed by atoms with Gasteiger partial charge in [-0.25, -0.2) is 0 Å². The molecule has 19 heavy (non-hydrogen) atoms. The average molecular weight is 256 g/mol. The first-order valence-electron chi connectivity index (χ1n) is 7.44. The standard InChI is InChI=1S/C17H24N2/c1-17(2,18)10-9-12-7-8-16-14(11-12)13-5-3-4-6-15(13)19-16/h7-8,11,19H,3-6,9-10,18H2,1-2H3. The van der Waals surface area contributed by atoms with Crippen molar-refractivity contribution < 1.29 is 0 Å². The number of nitrogens with two attached hydrogens (primary N) is 1. The Hall–Kier alpha value is -1.28. The van der Waals surface area contributed by atoms with Gasteiger partial charge in [-0.1, -0.05) is 6.07 Å². The number of hydrogen-bond acceptors (Lipinski definition) is 1. The first-order chi connectivity index (χ1) is 9.03. The van der Waals surface area contributed by atoms with E-state index in [-0.39, 0.29) is 5.54 Å². The van der Waals surface area contributed by atoms with Gasteiger partial charge in [0.25, 0.3) is 0 Å². The second-order valence-corrected chi connectivity index (χ2v) is 6.66. The van der Waals surface area contributed by atoms with E-state index in [2.05, 4.69) is 37.0 Å². The van der Waals surface area contributed by atoms with Crippen molar-refractivity contribution in [1.82, 2.24) is 4.98 Å². The molecule has 0 amide bonds. The maximum Gasteiger partial charge on any atom is 0.0459 e. The Bertz CT molecular complexity index is 587. The molecular formula is C17H24N2. The molecule has 1 heterocycles. The van der Waals surface area contributed by atoms with Crippen LogP contribution in [0.5, 0.6) is 0 Å². The maximum atomic E-state index is 6.08. The molecule has 0 saturated heterocycles. The summed E-state index contributed by atoms with van der Waals surface area (Å²) in [7, 11) is 0. The lowest BCUT2D eigenvalue weighted by atomic mass is 9.93. The van der Waals surface area contributed by atoms with Gasteiger partial charge in [0.2, 0.25) is 0 Å². The number of aryl methyl sites for hydroxylation is 3. The molecule has 0 unspecified atom stereocenters. The number of rotatable bonds is 3. The third kappa shape index (κ3) is 2.69. The summed E-state index contributed by atoms with van der Waals surface area (Å²) >= 11 is 0. The van der Waals surface area contributed by atoms with Crippen molar-refractivity contribution in [3.63, 3.8) is 0 Å². The topological polar surface area (TPSA) is 41.8 Å². The number of aromatic amines is 1. The van der Waals surface area contributed by atoms with Crippen LogP contribution >= 0.6 is 0 Å². The smallest absolute Gasteiger partial charge is 0.0459 e. The zero-order valence-corrected chi connectivity index (χ0v) is 12.1. The quantitative estimate of drug-likeness (QED) is 0.863. The van der Waals surface area contributed by atoms with Crippen LogP contribution in [-0.4, -0.2) is 10.5 Å². The van der Waals surface area contributed by atoms with Crippen LogP contribution in [0.1, 0.15) is 49.9 Å². The highest BCUT2D eigenvalue weighted by Crippen LogP contribution is 2.30. The molecule has 2 nitrogen and oxygen atoms in total. The fourth-order valence-electron chi connectivity index (χ4n) is 3.08. The Morgan fingerprint density at radius 1 is 1.21 bits per heavy atom. The van der Waals surface area contributed by atoms with Gasteiger partial charge in [0.05, 0.1) is 0 Å². The fraction of sp³-hybridized carbons (Fsp3) is 0.529. The van der Waals surface area contributed by atoms with Crippen LogP contribution in [0.15, 0.2) is 18.2 Å². The molecule has 1 aromatic heterocycles. The number of benzene rings is 1. The molecule has 2 heteroatoms. The van der Waals surface area contributed by atoms with E-state index in [4.69, 9.17) is 5.73 Å². The number of H-pyrrole nitrogens is 1. The van der Waals surface area contributed by atoms with Gasteiger partial charge in [0, 0.05) is 22.1 Å². The molecule has 1 aliphatic rings. The van der Waals surface area contributed by atoms with E-state index in [9.17, 15) is 0 Å². The van der Waals surface area contributed by atoms with Gasteiger partial charge in [-0.15, -0.1) is 0 Å². The minimum Gasteiger partial charge on any atom is -0.358 e. The van der Waals surface area contributed by atoms with E-state index < -0.39 is 0 Å². The van der Waals surface area contributed by atoms with E-state index in [1.54, 1.807) is 5.56 Å². The zero-order chi connectivity index (χ0) is 13.5. The van der Waals surface area contributed by atoms with Crippen LogP contribution in [0.3, 0.4) is 0 Å². The third-order valence-electron chi connectivity index (χ3n) is 4.22. The molecule has 0 fully saturated rings. The van der Waals surface area contributed by atoms with Gasteiger partial charge < -0.3 is 10.7 Å². The minimum absolute atomic E-state index is 0.0769. The molecule has 0 radical (unpaired) electrons. The zero-order valence-electron chi connectivity index (χ0n) is 12.1. The molecule has 3 rings (SSSR count). The molecule has 2 aromatic rings. The van der Waals surface area contributed by atoms with E-state index in [1.807, 2.05) is 0 Å². The molecule has 1 aliphatic carbocycles. The lowest BCUT2D eigenvalue weighted by Crippen LogP contribution is -2.32. The van der Waals surface area contributed by atoms with E-state index >= 15 is 0 Å². The van der Waals surface area contributed by atoms with Crippen LogP contribution < -0.4 is 5.73 Å². The summed E-state index contributed by atoms with van der Waals surface area (Å²) in [5.74, 6) is 0. The number of hydrogen-bond donors (Lipinski definition) is 2. The van der Waals surface area contributed by atoms with E-state index in [1.165, 1.54) is 47.8 Å². The molecule has 1 aromatic carbocycles. The number of aromatic nitrogens is 1. The third-order valence-corrected chi connectivity index (χ3v) is 4.22. The monoisotopic (exact) mass is 256 g/mol. The predicted molar refractivity (Wildman–Crippen MR) is 81.5 cm³/mol. The lowest BCUT2D eigenvalue weighted by molar-refractivity contribution is 0.477. The van der Waals surface area contributed by atoms with Crippen LogP contribution in [-0.2, 0) is 19.3 Å². The van der Waals surface area contributed by atoms with Crippen molar-refractivity contribution in [3.8, 4) is 0 Å². The van der Waals surface area contributed by atoms with Crippen LogP contribution in [0.25, 0.3) is 10.9 Å².